The van der Waals surface area contributed by atoms with Crippen LogP contribution in [0.4, 0.5) is 0 Å². The van der Waals surface area contributed by atoms with Crippen LogP contribution < -0.4 is 5.73 Å². The molecular weight excluding hydrogens is 228 g/mol. The Kier molecular flexibility index (Phi) is 3.67. The molecule has 0 saturated heterocycles. The van der Waals surface area contributed by atoms with Crippen LogP contribution in [0.3, 0.4) is 0 Å². The van der Waals surface area contributed by atoms with E-state index in [1.165, 1.54) is 24.1 Å². The highest BCUT2D eigenvalue weighted by Crippen LogP contribution is 2.33. The first-order chi connectivity index (χ1) is 7.22. The predicted octanol–water partition coefficient (Wildman–Crippen LogP) is 2.89. The fourth-order valence-electron chi connectivity index (χ4n) is 2.03. The van der Waals surface area contributed by atoms with Crippen LogP contribution in [0.15, 0.2) is 11.4 Å². The van der Waals surface area contributed by atoms with Crippen LogP contribution in [-0.2, 0) is 0 Å². The van der Waals surface area contributed by atoms with Gasteiger partial charge in [0, 0.05) is 22.8 Å². The van der Waals surface area contributed by atoms with Gasteiger partial charge < -0.3 is 5.73 Å². The van der Waals surface area contributed by atoms with Gasteiger partial charge in [-0.05, 0) is 26.0 Å². The van der Waals surface area contributed by atoms with Crippen LogP contribution in [0.25, 0.3) is 0 Å². The number of likely N-dealkylation sites (N-methyl/N-ethyl adjacent to an activating group) is 1. The maximum Gasteiger partial charge on any atom is 0.0564 e. The molecule has 1 heterocycles. The quantitative estimate of drug-likeness (QED) is 0.883. The van der Waals surface area contributed by atoms with Crippen LogP contribution in [-0.4, -0.2) is 24.5 Å². The van der Waals surface area contributed by atoms with Gasteiger partial charge in [0.2, 0.25) is 0 Å². The summed E-state index contributed by atoms with van der Waals surface area (Å²) < 4.78 is 0. The lowest BCUT2D eigenvalue weighted by Gasteiger charge is -2.39. The molecule has 1 aliphatic carbocycles. The first-order valence-corrected chi connectivity index (χ1v) is 6.64. The second kappa shape index (κ2) is 4.83. The van der Waals surface area contributed by atoms with Gasteiger partial charge >= 0.3 is 0 Å². The van der Waals surface area contributed by atoms with Crippen molar-refractivity contribution in [1.29, 1.82) is 0 Å². The number of halogens is 1. The van der Waals surface area contributed by atoms with Crippen LogP contribution in [0.1, 0.15) is 30.2 Å². The maximum atomic E-state index is 5.94. The normalized spacial score (nSPS) is 19.2. The Bertz CT molecular complexity index is 322. The molecule has 1 fully saturated rings. The third-order valence-electron chi connectivity index (χ3n) is 3.28. The first kappa shape index (κ1) is 11.4. The summed E-state index contributed by atoms with van der Waals surface area (Å²) in [6.07, 6.45) is 3.98. The largest absolute Gasteiger partial charge is 0.329 e. The second-order valence-electron chi connectivity index (χ2n) is 4.17. The van der Waals surface area contributed by atoms with Crippen molar-refractivity contribution in [3.05, 3.63) is 21.3 Å². The van der Waals surface area contributed by atoms with Crippen LogP contribution >= 0.6 is 22.9 Å². The lowest BCUT2D eigenvalue weighted by Crippen LogP contribution is -2.42. The van der Waals surface area contributed by atoms with Gasteiger partial charge in [-0.25, -0.2) is 0 Å². The average Bonchev–Trinajstić information content (AvgIpc) is 2.50. The molecule has 0 spiro atoms. The van der Waals surface area contributed by atoms with Crippen molar-refractivity contribution in [2.75, 3.05) is 13.6 Å². The van der Waals surface area contributed by atoms with Gasteiger partial charge in [0.1, 0.15) is 0 Å². The standard InChI is InChI=1S/C11H17ClN2S/c1-14(9-3-2-4-9)10(6-13)11-5-8(12)7-15-11/h5,7,9-10H,2-4,6,13H2,1H3. The first-order valence-electron chi connectivity index (χ1n) is 5.38. The summed E-state index contributed by atoms with van der Waals surface area (Å²) in [6.45, 7) is 0.670. The van der Waals surface area contributed by atoms with E-state index in [1.807, 2.05) is 11.4 Å². The number of nitrogens with zero attached hydrogens (tertiary/aromatic N) is 1. The van der Waals surface area contributed by atoms with Crippen molar-refractivity contribution >= 4 is 22.9 Å². The summed E-state index contributed by atoms with van der Waals surface area (Å²) in [5.41, 5.74) is 5.85. The molecule has 84 valence electrons. The predicted molar refractivity (Wildman–Crippen MR) is 66.5 cm³/mol. The molecule has 0 bridgehead atoms. The van der Waals surface area contributed by atoms with E-state index in [1.54, 1.807) is 11.3 Å². The molecule has 1 unspecified atom stereocenters. The highest BCUT2D eigenvalue weighted by atomic mass is 35.5. The highest BCUT2D eigenvalue weighted by Gasteiger charge is 2.28. The lowest BCUT2D eigenvalue weighted by atomic mass is 9.90. The molecule has 0 aliphatic heterocycles. The zero-order valence-electron chi connectivity index (χ0n) is 8.95. The third-order valence-corrected chi connectivity index (χ3v) is 4.66. The Morgan fingerprint density at radius 3 is 2.80 bits per heavy atom. The van der Waals surface area contributed by atoms with Gasteiger partial charge in [-0.3, -0.25) is 4.90 Å². The van der Waals surface area contributed by atoms with Crippen molar-refractivity contribution in [1.82, 2.24) is 4.90 Å². The third kappa shape index (κ3) is 2.36. The average molecular weight is 245 g/mol. The molecule has 1 aromatic heterocycles. The topological polar surface area (TPSA) is 29.3 Å². The Balaban J connectivity index is 2.08. The summed E-state index contributed by atoms with van der Waals surface area (Å²) in [5.74, 6) is 0. The molecule has 4 heteroatoms. The number of hydrogen-bond donors (Lipinski definition) is 1. The monoisotopic (exact) mass is 244 g/mol. The summed E-state index contributed by atoms with van der Waals surface area (Å²) in [6, 6.07) is 3.10. The Labute approximate surface area is 100 Å². The van der Waals surface area contributed by atoms with Crippen molar-refractivity contribution in [2.45, 2.75) is 31.3 Å². The van der Waals surface area contributed by atoms with Crippen LogP contribution in [0, 0.1) is 0 Å². The van der Waals surface area contributed by atoms with Crippen molar-refractivity contribution in [3.63, 3.8) is 0 Å². The minimum Gasteiger partial charge on any atom is -0.329 e. The molecule has 2 nitrogen and oxygen atoms in total. The van der Waals surface area contributed by atoms with Gasteiger partial charge in [0.05, 0.1) is 11.1 Å². The van der Waals surface area contributed by atoms with Gasteiger partial charge in [-0.2, -0.15) is 0 Å². The number of thiophene rings is 1. The molecule has 1 aliphatic rings. The van der Waals surface area contributed by atoms with Gasteiger partial charge in [0.25, 0.3) is 0 Å². The molecule has 2 N–H and O–H groups in total. The Hall–Kier alpha value is -0.0900. The summed E-state index contributed by atoms with van der Waals surface area (Å²) in [5, 5.41) is 2.81. The minimum atomic E-state index is 0.341. The second-order valence-corrected chi connectivity index (χ2v) is 5.55. The van der Waals surface area contributed by atoms with E-state index in [9.17, 15) is 0 Å². The zero-order chi connectivity index (χ0) is 10.8. The van der Waals surface area contributed by atoms with E-state index in [4.69, 9.17) is 17.3 Å². The molecule has 1 saturated carbocycles. The molecule has 1 atom stereocenters. The van der Waals surface area contributed by atoms with E-state index in [2.05, 4.69) is 11.9 Å². The molecule has 0 radical (unpaired) electrons. The maximum absolute atomic E-state index is 5.94. The van der Waals surface area contributed by atoms with Gasteiger partial charge in [-0.1, -0.05) is 18.0 Å². The smallest absolute Gasteiger partial charge is 0.0564 e. The van der Waals surface area contributed by atoms with E-state index < -0.39 is 0 Å². The number of hydrogen-bond acceptors (Lipinski definition) is 3. The number of rotatable bonds is 4. The van der Waals surface area contributed by atoms with E-state index in [0.29, 0.717) is 12.6 Å². The summed E-state index contributed by atoms with van der Waals surface area (Å²) in [4.78, 5) is 3.70. The molecule has 15 heavy (non-hydrogen) atoms. The lowest BCUT2D eigenvalue weighted by molar-refractivity contribution is 0.115. The Morgan fingerprint density at radius 1 is 1.67 bits per heavy atom. The highest BCUT2D eigenvalue weighted by molar-refractivity contribution is 7.10. The Morgan fingerprint density at radius 2 is 2.40 bits per heavy atom. The van der Waals surface area contributed by atoms with Gasteiger partial charge in [-0.15, -0.1) is 11.3 Å². The molecule has 0 amide bonds. The number of nitrogens with two attached hydrogens (primary N) is 1. The fourth-order valence-corrected chi connectivity index (χ4v) is 3.28. The van der Waals surface area contributed by atoms with Gasteiger partial charge in [0.15, 0.2) is 0 Å². The molecule has 1 aromatic rings. The molecular formula is C11H17ClN2S. The zero-order valence-corrected chi connectivity index (χ0v) is 10.5. The minimum absolute atomic E-state index is 0.341. The van der Waals surface area contributed by atoms with Crippen molar-refractivity contribution in [3.8, 4) is 0 Å². The van der Waals surface area contributed by atoms with Crippen molar-refractivity contribution in [2.24, 2.45) is 5.73 Å². The molecule has 0 aromatic carbocycles. The SMILES string of the molecule is CN(C1CCC1)C(CN)c1cc(Cl)cs1. The van der Waals surface area contributed by atoms with E-state index in [0.717, 1.165) is 11.1 Å². The fraction of sp³-hybridized carbons (Fsp3) is 0.636. The molecule has 2 rings (SSSR count). The van der Waals surface area contributed by atoms with Crippen LogP contribution in [0.2, 0.25) is 5.02 Å². The van der Waals surface area contributed by atoms with Crippen LogP contribution in [0.5, 0.6) is 0 Å². The van der Waals surface area contributed by atoms with Crippen molar-refractivity contribution < 1.29 is 0 Å². The summed E-state index contributed by atoms with van der Waals surface area (Å²) in [7, 11) is 2.18. The van der Waals surface area contributed by atoms with E-state index >= 15 is 0 Å². The summed E-state index contributed by atoms with van der Waals surface area (Å²) >= 11 is 7.65. The van der Waals surface area contributed by atoms with E-state index in [-0.39, 0.29) is 0 Å².